The number of carbonyl (C=O) groups is 1. The number of hydrogen-bond acceptors (Lipinski definition) is 5. The highest BCUT2D eigenvalue weighted by Gasteiger charge is 2.32. The number of piperidine rings is 1. The topological polar surface area (TPSA) is 66.2 Å². The SMILES string of the molecule is COC(=O)[C@H]1CCN(c2ccc(C#N)nc2)C[C@@H]1C. The summed E-state index contributed by atoms with van der Waals surface area (Å²) < 4.78 is 4.83. The number of nitriles is 1. The number of esters is 1. The van der Waals surface area contributed by atoms with Gasteiger partial charge in [-0.2, -0.15) is 5.26 Å². The van der Waals surface area contributed by atoms with Gasteiger partial charge in [-0.15, -0.1) is 0 Å². The minimum atomic E-state index is -0.120. The van der Waals surface area contributed by atoms with E-state index in [-0.39, 0.29) is 17.8 Å². The first kappa shape index (κ1) is 13.3. The van der Waals surface area contributed by atoms with E-state index in [9.17, 15) is 4.79 Å². The van der Waals surface area contributed by atoms with E-state index in [1.807, 2.05) is 12.1 Å². The molecule has 0 aliphatic carbocycles. The van der Waals surface area contributed by atoms with E-state index in [0.29, 0.717) is 5.69 Å². The second-order valence-electron chi connectivity index (χ2n) is 4.86. The molecule has 5 nitrogen and oxygen atoms in total. The summed E-state index contributed by atoms with van der Waals surface area (Å²) in [6.45, 7) is 3.66. The Kier molecular flexibility index (Phi) is 4.00. The van der Waals surface area contributed by atoms with E-state index in [0.717, 1.165) is 25.2 Å². The van der Waals surface area contributed by atoms with Crippen molar-refractivity contribution >= 4 is 11.7 Å². The molecule has 0 amide bonds. The molecule has 1 saturated heterocycles. The summed E-state index contributed by atoms with van der Waals surface area (Å²) in [7, 11) is 1.44. The number of aromatic nitrogens is 1. The Hall–Kier alpha value is -2.09. The fraction of sp³-hybridized carbons (Fsp3) is 0.500. The number of ether oxygens (including phenoxy) is 1. The Morgan fingerprint density at radius 1 is 1.58 bits per heavy atom. The Balaban J connectivity index is 2.05. The number of pyridine rings is 1. The van der Waals surface area contributed by atoms with Crippen molar-refractivity contribution in [2.45, 2.75) is 13.3 Å². The summed E-state index contributed by atoms with van der Waals surface area (Å²) in [6, 6.07) is 5.62. The van der Waals surface area contributed by atoms with E-state index in [1.165, 1.54) is 7.11 Å². The highest BCUT2D eigenvalue weighted by Crippen LogP contribution is 2.27. The zero-order chi connectivity index (χ0) is 13.8. The molecule has 1 aliphatic rings. The van der Waals surface area contributed by atoms with Crippen LogP contribution in [-0.4, -0.2) is 31.2 Å². The standard InChI is InChI=1S/C14H17N3O2/c1-10-9-17(6-5-13(10)14(18)19-2)12-4-3-11(7-15)16-8-12/h3-4,8,10,13H,5-6,9H2,1-2H3/t10-,13-/m0/s1. The molecule has 5 heteroatoms. The van der Waals surface area contributed by atoms with Gasteiger partial charge in [-0.05, 0) is 24.5 Å². The zero-order valence-corrected chi connectivity index (χ0v) is 11.2. The number of rotatable bonds is 2. The molecule has 100 valence electrons. The van der Waals surface area contributed by atoms with Crippen molar-refractivity contribution in [1.29, 1.82) is 5.26 Å². The molecule has 0 saturated carbocycles. The lowest BCUT2D eigenvalue weighted by Crippen LogP contribution is -2.42. The number of methoxy groups -OCH3 is 1. The lowest BCUT2D eigenvalue weighted by atomic mass is 9.87. The van der Waals surface area contributed by atoms with Crippen LogP contribution in [0.4, 0.5) is 5.69 Å². The van der Waals surface area contributed by atoms with Crippen molar-refractivity contribution in [1.82, 2.24) is 4.98 Å². The second kappa shape index (κ2) is 5.70. The number of carbonyl (C=O) groups excluding carboxylic acids is 1. The summed E-state index contributed by atoms with van der Waals surface area (Å²) in [4.78, 5) is 17.9. The molecule has 0 radical (unpaired) electrons. The van der Waals surface area contributed by atoms with Crippen LogP contribution in [0.25, 0.3) is 0 Å². The van der Waals surface area contributed by atoms with Crippen LogP contribution < -0.4 is 4.90 Å². The van der Waals surface area contributed by atoms with Crippen LogP contribution in [-0.2, 0) is 9.53 Å². The lowest BCUT2D eigenvalue weighted by molar-refractivity contribution is -0.147. The average molecular weight is 259 g/mol. The Bertz CT molecular complexity index is 492. The normalized spacial score (nSPS) is 22.7. The first-order valence-corrected chi connectivity index (χ1v) is 6.34. The summed E-state index contributed by atoms with van der Waals surface area (Å²) in [5.41, 5.74) is 1.41. The number of nitrogens with zero attached hydrogens (tertiary/aromatic N) is 3. The predicted molar refractivity (Wildman–Crippen MR) is 70.5 cm³/mol. The van der Waals surface area contributed by atoms with Crippen LogP contribution in [0, 0.1) is 23.2 Å². The minimum absolute atomic E-state index is 0.0207. The van der Waals surface area contributed by atoms with Gasteiger partial charge in [-0.3, -0.25) is 4.79 Å². The van der Waals surface area contributed by atoms with Crippen LogP contribution in [0.2, 0.25) is 0 Å². The van der Waals surface area contributed by atoms with Crippen molar-refractivity contribution in [3.63, 3.8) is 0 Å². The molecule has 2 rings (SSSR count). The highest BCUT2D eigenvalue weighted by molar-refractivity contribution is 5.73. The maximum atomic E-state index is 11.6. The van der Waals surface area contributed by atoms with Crippen molar-refractivity contribution in [3.8, 4) is 6.07 Å². The molecule has 1 fully saturated rings. The molecule has 0 N–H and O–H groups in total. The van der Waals surface area contributed by atoms with Crippen LogP contribution in [0.15, 0.2) is 18.3 Å². The van der Waals surface area contributed by atoms with Crippen molar-refractivity contribution in [2.24, 2.45) is 11.8 Å². The van der Waals surface area contributed by atoms with Gasteiger partial charge in [-0.25, -0.2) is 4.98 Å². The lowest BCUT2D eigenvalue weighted by Gasteiger charge is -2.36. The van der Waals surface area contributed by atoms with Gasteiger partial charge in [0.05, 0.1) is 24.9 Å². The van der Waals surface area contributed by atoms with Gasteiger partial charge in [0.25, 0.3) is 0 Å². The largest absolute Gasteiger partial charge is 0.469 e. The van der Waals surface area contributed by atoms with Crippen LogP contribution in [0.5, 0.6) is 0 Å². The van der Waals surface area contributed by atoms with Crippen LogP contribution in [0.3, 0.4) is 0 Å². The fourth-order valence-electron chi connectivity index (χ4n) is 2.52. The molecule has 0 spiro atoms. The van der Waals surface area contributed by atoms with Gasteiger partial charge in [-0.1, -0.05) is 6.92 Å². The van der Waals surface area contributed by atoms with Gasteiger partial charge in [0.2, 0.25) is 0 Å². The Morgan fingerprint density at radius 2 is 2.37 bits per heavy atom. The molecule has 0 bridgehead atoms. The molecule has 0 unspecified atom stereocenters. The molecular formula is C14H17N3O2. The van der Waals surface area contributed by atoms with Crippen molar-refractivity contribution < 1.29 is 9.53 Å². The van der Waals surface area contributed by atoms with Crippen LogP contribution in [0.1, 0.15) is 19.0 Å². The highest BCUT2D eigenvalue weighted by atomic mass is 16.5. The second-order valence-corrected chi connectivity index (χ2v) is 4.86. The van der Waals surface area contributed by atoms with E-state index >= 15 is 0 Å². The summed E-state index contributed by atoms with van der Waals surface area (Å²) >= 11 is 0. The number of anilines is 1. The maximum absolute atomic E-state index is 11.6. The van der Waals surface area contributed by atoms with Gasteiger partial charge < -0.3 is 9.64 Å². The maximum Gasteiger partial charge on any atom is 0.309 e. The fourth-order valence-corrected chi connectivity index (χ4v) is 2.52. The number of hydrogen-bond donors (Lipinski definition) is 0. The molecule has 1 aromatic heterocycles. The summed E-state index contributed by atoms with van der Waals surface area (Å²) in [5.74, 6) is 0.106. The molecule has 0 aromatic carbocycles. The molecule has 2 heterocycles. The van der Waals surface area contributed by atoms with Crippen LogP contribution >= 0.6 is 0 Å². The first-order chi connectivity index (χ1) is 9.15. The molecule has 1 aliphatic heterocycles. The van der Waals surface area contributed by atoms with Gasteiger partial charge >= 0.3 is 5.97 Å². The monoisotopic (exact) mass is 259 g/mol. The van der Waals surface area contributed by atoms with Gasteiger partial charge in [0, 0.05) is 13.1 Å². The van der Waals surface area contributed by atoms with E-state index < -0.39 is 0 Å². The predicted octanol–water partition coefficient (Wildman–Crippen LogP) is 1.59. The van der Waals surface area contributed by atoms with Crippen molar-refractivity contribution in [3.05, 3.63) is 24.0 Å². The minimum Gasteiger partial charge on any atom is -0.469 e. The molecule has 19 heavy (non-hydrogen) atoms. The third-order valence-electron chi connectivity index (χ3n) is 3.64. The molecule has 1 aromatic rings. The third-order valence-corrected chi connectivity index (χ3v) is 3.64. The summed E-state index contributed by atoms with van der Waals surface area (Å²) in [5, 5.41) is 8.73. The van der Waals surface area contributed by atoms with E-state index in [2.05, 4.69) is 16.8 Å². The third kappa shape index (κ3) is 2.84. The van der Waals surface area contributed by atoms with Crippen molar-refractivity contribution in [2.75, 3.05) is 25.1 Å². The molecular weight excluding hydrogens is 242 g/mol. The van der Waals surface area contributed by atoms with E-state index in [4.69, 9.17) is 10.00 Å². The van der Waals surface area contributed by atoms with Gasteiger partial charge in [0.15, 0.2) is 0 Å². The Labute approximate surface area is 112 Å². The average Bonchev–Trinajstić information content (AvgIpc) is 2.46. The van der Waals surface area contributed by atoms with Gasteiger partial charge in [0.1, 0.15) is 11.8 Å². The quantitative estimate of drug-likeness (QED) is 0.754. The zero-order valence-electron chi connectivity index (χ0n) is 11.2. The molecule has 2 atom stereocenters. The summed E-state index contributed by atoms with van der Waals surface area (Å²) in [6.07, 6.45) is 2.50. The Morgan fingerprint density at radius 3 is 2.89 bits per heavy atom. The van der Waals surface area contributed by atoms with E-state index in [1.54, 1.807) is 12.3 Å². The smallest absolute Gasteiger partial charge is 0.309 e. The first-order valence-electron chi connectivity index (χ1n) is 6.34.